The van der Waals surface area contributed by atoms with Gasteiger partial charge in [0.25, 0.3) is 5.91 Å². The second kappa shape index (κ2) is 11.0. The first kappa shape index (κ1) is 22.8. The second-order valence-electron chi connectivity index (χ2n) is 8.57. The summed E-state index contributed by atoms with van der Waals surface area (Å²) in [7, 11) is 1.59. The lowest BCUT2D eigenvalue weighted by Crippen LogP contribution is -2.52. The fraction of sp³-hybridized carbons (Fsp3) is 0.333. The van der Waals surface area contributed by atoms with E-state index in [9.17, 15) is 9.59 Å². The lowest BCUT2D eigenvalue weighted by Gasteiger charge is -2.33. The molecular formula is C27H31N3O3. The van der Waals surface area contributed by atoms with E-state index >= 15 is 0 Å². The van der Waals surface area contributed by atoms with Gasteiger partial charge in [-0.25, -0.2) is 0 Å². The number of methoxy groups -OCH3 is 1. The highest BCUT2D eigenvalue weighted by atomic mass is 16.5. The van der Waals surface area contributed by atoms with Crippen molar-refractivity contribution in [2.45, 2.75) is 31.5 Å². The van der Waals surface area contributed by atoms with Gasteiger partial charge < -0.3 is 15.4 Å². The Balaban J connectivity index is 1.28. The summed E-state index contributed by atoms with van der Waals surface area (Å²) in [4.78, 5) is 28.1. The maximum Gasteiger partial charge on any atom is 0.251 e. The van der Waals surface area contributed by atoms with Crippen LogP contribution in [0.15, 0.2) is 78.9 Å². The lowest BCUT2D eigenvalue weighted by molar-refractivity contribution is -0.127. The number of piperidine rings is 1. The molecule has 0 saturated carbocycles. The molecule has 1 saturated heterocycles. The van der Waals surface area contributed by atoms with E-state index < -0.39 is 0 Å². The molecule has 2 N–H and O–H groups in total. The third kappa shape index (κ3) is 6.11. The molecule has 2 aliphatic rings. The Kier molecular flexibility index (Phi) is 7.58. The third-order valence-electron chi connectivity index (χ3n) is 6.30. The molecule has 6 nitrogen and oxygen atoms in total. The summed E-state index contributed by atoms with van der Waals surface area (Å²) in [6.07, 6.45) is 9.32. The van der Waals surface area contributed by atoms with Gasteiger partial charge in [-0.1, -0.05) is 54.6 Å². The van der Waals surface area contributed by atoms with Crippen molar-refractivity contribution in [2.24, 2.45) is 5.92 Å². The van der Waals surface area contributed by atoms with Gasteiger partial charge >= 0.3 is 0 Å². The smallest absolute Gasteiger partial charge is 0.251 e. The van der Waals surface area contributed by atoms with Gasteiger partial charge in [0.15, 0.2) is 0 Å². The molecule has 1 fully saturated rings. The molecule has 33 heavy (non-hydrogen) atoms. The van der Waals surface area contributed by atoms with E-state index in [0.29, 0.717) is 11.3 Å². The minimum absolute atomic E-state index is 0.00531. The molecule has 2 unspecified atom stereocenters. The minimum Gasteiger partial charge on any atom is -0.497 e. The molecule has 1 aliphatic carbocycles. The highest BCUT2D eigenvalue weighted by Gasteiger charge is 2.29. The first-order valence-corrected chi connectivity index (χ1v) is 11.5. The molecule has 0 spiro atoms. The molecule has 2 aromatic carbocycles. The van der Waals surface area contributed by atoms with E-state index in [2.05, 4.69) is 39.8 Å². The number of carbonyl (C=O) groups is 2. The Hall–Kier alpha value is -3.38. The maximum absolute atomic E-state index is 13.0. The monoisotopic (exact) mass is 445 g/mol. The van der Waals surface area contributed by atoms with Crippen molar-refractivity contribution in [2.75, 3.05) is 20.2 Å². The largest absolute Gasteiger partial charge is 0.497 e. The number of rotatable bonds is 7. The quantitative estimate of drug-likeness (QED) is 0.686. The Labute approximate surface area is 195 Å². The van der Waals surface area contributed by atoms with Gasteiger partial charge in [0.2, 0.25) is 5.91 Å². The number of hydrogen-bond donors (Lipinski definition) is 2. The van der Waals surface area contributed by atoms with Crippen molar-refractivity contribution in [3.8, 4) is 5.75 Å². The van der Waals surface area contributed by atoms with Crippen molar-refractivity contribution in [3.63, 3.8) is 0 Å². The average Bonchev–Trinajstić information content (AvgIpc) is 2.86. The molecule has 0 radical (unpaired) electrons. The summed E-state index contributed by atoms with van der Waals surface area (Å²) in [6.45, 7) is 2.74. The SMILES string of the molecule is COc1ccc(C(=O)NC2C=CC=CC2NC(=O)C2CCN(Cc3ccccc3)CC2)cc1. The Morgan fingerprint density at radius 2 is 1.55 bits per heavy atom. The van der Waals surface area contributed by atoms with Gasteiger partial charge in [0, 0.05) is 18.0 Å². The van der Waals surface area contributed by atoms with Crippen LogP contribution in [0.25, 0.3) is 0 Å². The Bertz CT molecular complexity index is 993. The van der Waals surface area contributed by atoms with E-state index in [1.807, 2.05) is 30.4 Å². The number of likely N-dealkylation sites (tertiary alicyclic amines) is 1. The zero-order chi connectivity index (χ0) is 23.0. The molecule has 0 aromatic heterocycles. The van der Waals surface area contributed by atoms with Crippen LogP contribution in [-0.2, 0) is 11.3 Å². The minimum atomic E-state index is -0.299. The van der Waals surface area contributed by atoms with Gasteiger partial charge in [-0.15, -0.1) is 0 Å². The molecular weight excluding hydrogens is 414 g/mol. The normalized spacial score (nSPS) is 20.9. The van der Waals surface area contributed by atoms with E-state index in [0.717, 1.165) is 32.5 Å². The summed E-state index contributed by atoms with van der Waals surface area (Å²) in [5, 5.41) is 6.17. The molecule has 0 bridgehead atoms. The summed E-state index contributed by atoms with van der Waals surface area (Å²) in [5.74, 6) is 0.570. The number of carbonyl (C=O) groups excluding carboxylic acids is 2. The van der Waals surface area contributed by atoms with Crippen LogP contribution >= 0.6 is 0 Å². The highest BCUT2D eigenvalue weighted by Crippen LogP contribution is 2.20. The predicted molar refractivity (Wildman–Crippen MR) is 129 cm³/mol. The van der Waals surface area contributed by atoms with Gasteiger partial charge in [0.05, 0.1) is 19.2 Å². The first-order chi connectivity index (χ1) is 16.1. The molecule has 2 amide bonds. The van der Waals surface area contributed by atoms with Crippen molar-refractivity contribution >= 4 is 11.8 Å². The molecule has 4 rings (SSSR count). The van der Waals surface area contributed by atoms with Crippen LogP contribution in [0.4, 0.5) is 0 Å². The summed E-state index contributed by atoms with van der Waals surface area (Å²) in [6, 6.07) is 16.8. The highest BCUT2D eigenvalue weighted by molar-refractivity contribution is 5.94. The van der Waals surface area contributed by atoms with E-state index in [1.165, 1.54) is 5.56 Å². The van der Waals surface area contributed by atoms with Crippen LogP contribution < -0.4 is 15.4 Å². The average molecular weight is 446 g/mol. The van der Waals surface area contributed by atoms with E-state index in [4.69, 9.17) is 4.74 Å². The second-order valence-corrected chi connectivity index (χ2v) is 8.57. The fourth-order valence-electron chi connectivity index (χ4n) is 4.34. The third-order valence-corrected chi connectivity index (χ3v) is 6.30. The number of hydrogen-bond acceptors (Lipinski definition) is 4. The topological polar surface area (TPSA) is 70.7 Å². The van der Waals surface area contributed by atoms with Gasteiger partial charge in [-0.2, -0.15) is 0 Å². The number of allylic oxidation sites excluding steroid dienone is 2. The zero-order valence-corrected chi connectivity index (χ0v) is 18.9. The zero-order valence-electron chi connectivity index (χ0n) is 18.9. The molecule has 172 valence electrons. The first-order valence-electron chi connectivity index (χ1n) is 11.5. The summed E-state index contributed by atoms with van der Waals surface area (Å²) >= 11 is 0. The standard InChI is InChI=1S/C27H31N3O3/c1-33-23-13-11-21(12-14-23)26(31)28-24-9-5-6-10-25(24)29-27(32)22-15-17-30(18-16-22)19-20-7-3-2-4-8-20/h2-14,22,24-25H,15-19H2,1H3,(H,28,31)(H,29,32). The van der Waals surface area contributed by atoms with Crippen molar-refractivity contribution in [3.05, 3.63) is 90.0 Å². The van der Waals surface area contributed by atoms with Crippen molar-refractivity contribution < 1.29 is 14.3 Å². The summed E-state index contributed by atoms with van der Waals surface area (Å²) < 4.78 is 5.15. The van der Waals surface area contributed by atoms with Crippen LogP contribution in [0.2, 0.25) is 0 Å². The van der Waals surface area contributed by atoms with Gasteiger partial charge in [0.1, 0.15) is 5.75 Å². The Morgan fingerprint density at radius 3 is 2.18 bits per heavy atom. The molecule has 6 heteroatoms. The molecule has 2 atom stereocenters. The van der Waals surface area contributed by atoms with Crippen molar-refractivity contribution in [1.82, 2.24) is 15.5 Å². The van der Waals surface area contributed by atoms with Crippen LogP contribution in [0, 0.1) is 5.92 Å². The maximum atomic E-state index is 13.0. The van der Waals surface area contributed by atoms with Crippen LogP contribution in [0.5, 0.6) is 5.75 Å². The predicted octanol–water partition coefficient (Wildman–Crippen LogP) is 3.32. The molecule has 1 aliphatic heterocycles. The molecule has 1 heterocycles. The Morgan fingerprint density at radius 1 is 0.909 bits per heavy atom. The number of amides is 2. The van der Waals surface area contributed by atoms with Crippen LogP contribution in [-0.4, -0.2) is 49.0 Å². The number of ether oxygens (including phenoxy) is 1. The van der Waals surface area contributed by atoms with Crippen LogP contribution in [0.1, 0.15) is 28.8 Å². The van der Waals surface area contributed by atoms with Crippen molar-refractivity contribution in [1.29, 1.82) is 0 Å². The van der Waals surface area contributed by atoms with E-state index in [1.54, 1.807) is 31.4 Å². The molecule has 2 aromatic rings. The number of nitrogens with one attached hydrogen (secondary N) is 2. The lowest BCUT2D eigenvalue weighted by atomic mass is 9.94. The fourth-order valence-corrected chi connectivity index (χ4v) is 4.34. The van der Waals surface area contributed by atoms with Gasteiger partial charge in [-0.3, -0.25) is 14.5 Å². The number of nitrogens with zero attached hydrogens (tertiary/aromatic N) is 1. The summed E-state index contributed by atoms with van der Waals surface area (Å²) in [5.41, 5.74) is 1.85. The van der Waals surface area contributed by atoms with E-state index in [-0.39, 0.29) is 29.8 Å². The van der Waals surface area contributed by atoms with Gasteiger partial charge in [-0.05, 0) is 55.8 Å². The van der Waals surface area contributed by atoms with Crippen LogP contribution in [0.3, 0.4) is 0 Å². The number of benzene rings is 2.